The molecule has 0 saturated heterocycles. The average Bonchev–Trinajstić information content (AvgIpc) is 3.57. The molecule has 27 heteroatoms. The molecule has 0 heterocycles. The molecule has 0 fully saturated rings. The molecule has 0 aliphatic heterocycles. The molecule has 0 bridgehead atoms. The first-order valence-electron chi connectivity index (χ1n) is 27.9. The number of carboxylic acids is 1. The van der Waals surface area contributed by atoms with Crippen molar-refractivity contribution in [3.05, 3.63) is 95.1 Å². The Morgan fingerprint density at radius 3 is 1.11 bits per heavy atom. The number of nitrogens with two attached hydrogens (primary N) is 5. The highest BCUT2D eigenvalue weighted by molar-refractivity contribution is 6.07. The van der Waals surface area contributed by atoms with E-state index in [-0.39, 0.29) is 101 Å². The number of phenolic OH excluding ortho intramolecular Hbond substituents is 1. The molecule has 0 aliphatic rings. The number of carbonyl (C=O) groups excluding carboxylic acids is 8. The Balaban J connectivity index is 1.53. The van der Waals surface area contributed by atoms with E-state index in [1.807, 2.05) is 0 Å². The molecular formula is C58H81N13O14. The lowest BCUT2D eigenvalue weighted by Gasteiger charge is -2.21. The lowest BCUT2D eigenvalue weighted by Crippen LogP contribution is -2.44. The van der Waals surface area contributed by atoms with Crippen molar-refractivity contribution in [2.75, 3.05) is 75.3 Å². The summed E-state index contributed by atoms with van der Waals surface area (Å²) in [6.45, 7) is 1.20. The lowest BCUT2D eigenvalue weighted by molar-refractivity contribution is -0.137. The maximum atomic E-state index is 14.2. The van der Waals surface area contributed by atoms with E-state index in [9.17, 15) is 48.3 Å². The predicted octanol–water partition coefficient (Wildman–Crippen LogP) is 2.62. The number of hydrogen-bond donors (Lipinski definition) is 15. The minimum atomic E-state index is -1.22. The van der Waals surface area contributed by atoms with Crippen LogP contribution in [0.4, 0.5) is 22.7 Å². The third-order valence-electron chi connectivity index (χ3n) is 13.3. The molecule has 4 aromatic carbocycles. The first-order chi connectivity index (χ1) is 40.8. The summed E-state index contributed by atoms with van der Waals surface area (Å²) in [6.07, 6.45) is 4.55. The van der Waals surface area contributed by atoms with E-state index in [1.165, 1.54) is 82.0 Å². The van der Waals surface area contributed by atoms with Crippen LogP contribution in [0.15, 0.2) is 72.8 Å². The number of anilines is 4. The number of rotatable bonds is 37. The number of methoxy groups -OCH3 is 3. The summed E-state index contributed by atoms with van der Waals surface area (Å²) in [6, 6.07) is 12.2. The van der Waals surface area contributed by atoms with Crippen LogP contribution in [-0.4, -0.2) is 142 Å². The molecule has 4 unspecified atom stereocenters. The highest BCUT2D eigenvalue weighted by atomic mass is 16.5. The first kappa shape index (κ1) is 68.6. The van der Waals surface area contributed by atoms with Crippen molar-refractivity contribution in [2.45, 2.75) is 108 Å². The van der Waals surface area contributed by atoms with Gasteiger partial charge in [-0.2, -0.15) is 0 Å². The summed E-state index contributed by atoms with van der Waals surface area (Å²) < 4.78 is 16.3. The SMILES string of the molecule is COc1ccc(NC(=O)C(CCCCN)NC(=O)c2cc(NC(=O)C(CCCCN)NC(=O)c3cc(NC(=O)C(CCCCN)NC(=O)c4cc(NC(=O)C(N)CCCCN)ccc4OC)ccc3OC)ccc2O)cc1C(=O)NCCC(=O)O. The number of hydrogen-bond acceptors (Lipinski definition) is 18. The number of aliphatic carboxylic acids is 1. The summed E-state index contributed by atoms with van der Waals surface area (Å²) in [5.41, 5.74) is 29.1. The number of carbonyl (C=O) groups is 9. The van der Waals surface area contributed by atoms with Gasteiger partial charge in [0.15, 0.2) is 0 Å². The summed E-state index contributed by atoms with van der Waals surface area (Å²) >= 11 is 0. The fourth-order valence-corrected chi connectivity index (χ4v) is 8.62. The van der Waals surface area contributed by atoms with E-state index >= 15 is 0 Å². The maximum Gasteiger partial charge on any atom is 0.305 e. The summed E-state index contributed by atoms with van der Waals surface area (Å²) in [7, 11) is 4.02. The predicted molar refractivity (Wildman–Crippen MR) is 320 cm³/mol. The molecule has 4 rings (SSSR count). The number of phenols is 1. The molecular weight excluding hydrogens is 1100 g/mol. The normalized spacial score (nSPS) is 12.2. The molecule has 0 aliphatic carbocycles. The third kappa shape index (κ3) is 22.0. The zero-order valence-corrected chi connectivity index (χ0v) is 48.1. The van der Waals surface area contributed by atoms with Crippen LogP contribution in [0, 0.1) is 0 Å². The van der Waals surface area contributed by atoms with E-state index in [1.54, 1.807) is 6.07 Å². The average molecular weight is 1180 g/mol. The molecule has 20 N–H and O–H groups in total. The van der Waals surface area contributed by atoms with Gasteiger partial charge in [-0.25, -0.2) is 0 Å². The molecule has 0 aromatic heterocycles. The van der Waals surface area contributed by atoms with Gasteiger partial charge in [-0.3, -0.25) is 43.2 Å². The monoisotopic (exact) mass is 1180 g/mol. The van der Waals surface area contributed by atoms with E-state index in [2.05, 4.69) is 42.5 Å². The van der Waals surface area contributed by atoms with Crippen LogP contribution in [0.25, 0.3) is 0 Å². The van der Waals surface area contributed by atoms with Crippen molar-refractivity contribution >= 4 is 76.0 Å². The van der Waals surface area contributed by atoms with Gasteiger partial charge >= 0.3 is 5.97 Å². The van der Waals surface area contributed by atoms with Gasteiger partial charge in [0.05, 0.1) is 56.0 Å². The van der Waals surface area contributed by atoms with Crippen molar-refractivity contribution in [1.29, 1.82) is 0 Å². The quantitative estimate of drug-likeness (QED) is 0.0228. The Morgan fingerprint density at radius 1 is 0.435 bits per heavy atom. The van der Waals surface area contributed by atoms with Crippen LogP contribution in [0.1, 0.15) is 125 Å². The van der Waals surface area contributed by atoms with Gasteiger partial charge in [0, 0.05) is 29.3 Å². The summed E-state index contributed by atoms with van der Waals surface area (Å²) in [5, 5.41) is 41.4. The fraction of sp³-hybridized carbons (Fsp3) is 0.431. The molecule has 0 radical (unpaired) electrons. The van der Waals surface area contributed by atoms with Gasteiger partial charge in [0.25, 0.3) is 23.6 Å². The Morgan fingerprint density at radius 2 is 0.753 bits per heavy atom. The number of nitrogens with one attached hydrogen (secondary N) is 8. The number of ether oxygens (including phenoxy) is 3. The van der Waals surface area contributed by atoms with Gasteiger partial charge < -0.3 is 95.6 Å². The zero-order chi connectivity index (χ0) is 62.4. The largest absolute Gasteiger partial charge is 0.507 e. The van der Waals surface area contributed by atoms with Crippen molar-refractivity contribution in [1.82, 2.24) is 21.3 Å². The van der Waals surface area contributed by atoms with Gasteiger partial charge in [0.2, 0.25) is 23.6 Å². The molecule has 0 spiro atoms. The smallest absolute Gasteiger partial charge is 0.305 e. The van der Waals surface area contributed by atoms with Crippen molar-refractivity contribution in [3.63, 3.8) is 0 Å². The van der Waals surface area contributed by atoms with Crippen LogP contribution >= 0.6 is 0 Å². The maximum absolute atomic E-state index is 14.2. The van der Waals surface area contributed by atoms with Crippen LogP contribution in [0.2, 0.25) is 0 Å². The van der Waals surface area contributed by atoms with E-state index < -0.39 is 83.1 Å². The fourth-order valence-electron chi connectivity index (χ4n) is 8.62. The van der Waals surface area contributed by atoms with Crippen molar-refractivity contribution < 1.29 is 67.6 Å². The minimum Gasteiger partial charge on any atom is -0.507 e. The molecule has 4 aromatic rings. The molecule has 27 nitrogen and oxygen atoms in total. The topological polar surface area (TPSA) is 448 Å². The second kappa shape index (κ2) is 36.0. The minimum absolute atomic E-state index is 0.00258. The van der Waals surface area contributed by atoms with Crippen LogP contribution in [-0.2, 0) is 24.0 Å². The number of aromatic hydroxyl groups is 1. The Kier molecular flexibility index (Phi) is 29.0. The number of amides is 8. The van der Waals surface area contributed by atoms with Gasteiger partial charge in [-0.15, -0.1) is 0 Å². The number of benzene rings is 4. The lowest BCUT2D eigenvalue weighted by atomic mass is 10.1. The molecule has 462 valence electrons. The molecule has 4 atom stereocenters. The van der Waals surface area contributed by atoms with Crippen LogP contribution in [0.3, 0.4) is 0 Å². The van der Waals surface area contributed by atoms with Crippen LogP contribution in [0.5, 0.6) is 23.0 Å². The van der Waals surface area contributed by atoms with Crippen LogP contribution < -0.4 is 85.4 Å². The number of carboxylic acid groups (broad SMARTS) is 1. The first-order valence-corrected chi connectivity index (χ1v) is 27.9. The third-order valence-corrected chi connectivity index (χ3v) is 13.3. The van der Waals surface area contributed by atoms with Crippen molar-refractivity contribution in [2.24, 2.45) is 28.7 Å². The van der Waals surface area contributed by atoms with E-state index in [0.29, 0.717) is 77.4 Å². The van der Waals surface area contributed by atoms with E-state index in [4.69, 9.17) is 48.0 Å². The molecule has 8 amide bonds. The Labute approximate surface area is 492 Å². The summed E-state index contributed by atoms with van der Waals surface area (Å²) in [4.78, 5) is 121. The zero-order valence-electron chi connectivity index (χ0n) is 48.1. The Hall–Kier alpha value is -8.89. The van der Waals surface area contributed by atoms with Gasteiger partial charge in [-0.1, -0.05) is 6.42 Å². The second-order valence-corrected chi connectivity index (χ2v) is 19.7. The molecule has 0 saturated carbocycles. The highest BCUT2D eigenvalue weighted by Gasteiger charge is 2.29. The standard InChI is InChI=1S/C58H81N13O14/c1-83-47-21-18-36(31-39(47)51(75)64-29-24-50(73)74)67-56(80)43(13-5-9-26-60)69-52(76)38-30-34(16-20-46(38)72)66-57(81)44(14-6-10-27-61)70-54(78)41-33-37(19-23-49(41)85-3)68-58(82)45(15-7-11-28-62)71-53(77)40-32-35(17-22-48(40)84-2)65-55(79)42(63)12-4-8-25-59/h16-23,30-33,42-45,72H,4-15,24-29,59-63H2,1-3H3,(H,64,75)(H,65,79)(H,66,81)(H,67,80)(H,68,82)(H,69,76)(H,70,78)(H,71,77)(H,73,74). The number of unbranched alkanes of at least 4 members (excludes halogenated alkanes) is 4. The summed E-state index contributed by atoms with van der Waals surface area (Å²) in [5.74, 6) is -6.77. The van der Waals surface area contributed by atoms with E-state index in [0.717, 1.165) is 6.07 Å². The molecule has 85 heavy (non-hydrogen) atoms. The van der Waals surface area contributed by atoms with Gasteiger partial charge in [-0.05, 0) is 170 Å². The van der Waals surface area contributed by atoms with Gasteiger partial charge in [0.1, 0.15) is 41.1 Å². The van der Waals surface area contributed by atoms with Crippen molar-refractivity contribution in [3.8, 4) is 23.0 Å². The Bertz CT molecular complexity index is 2940. The highest BCUT2D eigenvalue weighted by Crippen LogP contribution is 2.28. The second-order valence-electron chi connectivity index (χ2n) is 19.7.